The van der Waals surface area contributed by atoms with Gasteiger partial charge in [-0.2, -0.15) is 13.2 Å². The summed E-state index contributed by atoms with van der Waals surface area (Å²) in [4.78, 5) is 22.4. The van der Waals surface area contributed by atoms with Crippen molar-refractivity contribution in [1.29, 1.82) is 0 Å². The maximum atomic E-state index is 12.4. The zero-order valence-electron chi connectivity index (χ0n) is 12.8. The van der Waals surface area contributed by atoms with Crippen LogP contribution in [0.2, 0.25) is 0 Å². The molecule has 25 heavy (non-hydrogen) atoms. The molecule has 13 heteroatoms. The Morgan fingerprint density at radius 2 is 1.96 bits per heavy atom. The Morgan fingerprint density at radius 1 is 1.40 bits per heavy atom. The Morgan fingerprint density at radius 3 is 2.36 bits per heavy atom. The lowest BCUT2D eigenvalue weighted by molar-refractivity contribution is -0.304. The molecule has 10 nitrogen and oxygen atoms in total. The van der Waals surface area contributed by atoms with Crippen LogP contribution in [0.3, 0.4) is 0 Å². The van der Waals surface area contributed by atoms with Gasteiger partial charge in [0.2, 0.25) is 0 Å². The second-order valence-electron chi connectivity index (χ2n) is 5.35. The molecule has 0 aromatic heterocycles. The van der Waals surface area contributed by atoms with Gasteiger partial charge in [-0.3, -0.25) is 4.79 Å². The average molecular weight is 377 g/mol. The highest BCUT2D eigenvalue weighted by molar-refractivity contribution is 5.82. The van der Waals surface area contributed by atoms with Crippen LogP contribution < -0.4 is 5.32 Å². The Kier molecular flexibility index (Phi) is 6.72. The monoisotopic (exact) mass is 377 g/mol. The number of carboxylic acid groups (broad SMARTS) is 1. The minimum absolute atomic E-state index is 0.875. The first kappa shape index (κ1) is 21.5. The number of aliphatic hydroxyl groups excluding tert-OH is 4. The van der Waals surface area contributed by atoms with E-state index in [0.29, 0.717) is 0 Å². The Balaban J connectivity index is 3.20. The summed E-state index contributed by atoms with van der Waals surface area (Å²) >= 11 is 0. The third-order valence-corrected chi connectivity index (χ3v) is 3.70. The van der Waals surface area contributed by atoms with Crippen LogP contribution >= 0.6 is 0 Å². The predicted molar refractivity (Wildman–Crippen MR) is 70.0 cm³/mol. The van der Waals surface area contributed by atoms with Crippen LogP contribution in [-0.2, 0) is 19.1 Å². The van der Waals surface area contributed by atoms with E-state index in [2.05, 4.69) is 4.74 Å². The molecule has 1 heterocycles. The van der Waals surface area contributed by atoms with Crippen LogP contribution in [0.5, 0.6) is 0 Å². The largest absolute Gasteiger partial charge is 0.477 e. The number of ether oxygens (including phenoxy) is 2. The second-order valence-corrected chi connectivity index (χ2v) is 5.35. The summed E-state index contributed by atoms with van der Waals surface area (Å²) < 4.78 is 46.9. The predicted octanol–water partition coefficient (Wildman–Crippen LogP) is -2.68. The van der Waals surface area contributed by atoms with E-state index in [9.17, 15) is 43.2 Å². The fraction of sp³-hybridized carbons (Fsp3) is 0.833. The number of aliphatic carboxylic acids is 1. The van der Waals surface area contributed by atoms with E-state index in [-0.39, 0.29) is 0 Å². The molecular weight excluding hydrogens is 359 g/mol. The van der Waals surface area contributed by atoms with Crippen LogP contribution in [0.4, 0.5) is 13.2 Å². The van der Waals surface area contributed by atoms with Gasteiger partial charge in [-0.15, -0.1) is 0 Å². The molecule has 1 aliphatic rings. The molecule has 0 saturated carbocycles. The maximum Gasteiger partial charge on any atom is 0.471 e. The van der Waals surface area contributed by atoms with Crippen LogP contribution in [0.25, 0.3) is 0 Å². The van der Waals surface area contributed by atoms with Gasteiger partial charge in [-0.25, -0.2) is 4.79 Å². The van der Waals surface area contributed by atoms with Crippen LogP contribution in [0, 0.1) is 0 Å². The third-order valence-electron chi connectivity index (χ3n) is 3.70. The molecule has 1 aliphatic heterocycles. The van der Waals surface area contributed by atoms with Crippen molar-refractivity contribution in [3.63, 3.8) is 0 Å². The minimum atomic E-state index is -5.33. The van der Waals surface area contributed by atoms with Crippen molar-refractivity contribution in [2.45, 2.75) is 48.8 Å². The second kappa shape index (κ2) is 7.80. The molecule has 0 aromatic carbocycles. The molecule has 0 aromatic rings. The first-order chi connectivity index (χ1) is 11.4. The van der Waals surface area contributed by atoms with Crippen LogP contribution in [0.15, 0.2) is 0 Å². The Hall–Kier alpha value is -1.51. The molecule has 1 fully saturated rings. The number of halogens is 3. The normalized spacial score (nSPS) is 32.7. The fourth-order valence-corrected chi connectivity index (χ4v) is 2.34. The lowest BCUT2D eigenvalue weighted by Gasteiger charge is -2.46. The lowest BCUT2D eigenvalue weighted by Crippen LogP contribution is -2.68. The van der Waals surface area contributed by atoms with Gasteiger partial charge in [0, 0.05) is 13.5 Å². The quantitative estimate of drug-likeness (QED) is 0.289. The molecule has 0 unspecified atom stereocenters. The molecular formula is C12H18F3NO9. The van der Waals surface area contributed by atoms with E-state index in [4.69, 9.17) is 9.84 Å². The van der Waals surface area contributed by atoms with E-state index in [0.717, 1.165) is 7.11 Å². The molecule has 6 N–H and O–H groups in total. The minimum Gasteiger partial charge on any atom is -0.477 e. The van der Waals surface area contributed by atoms with Gasteiger partial charge >= 0.3 is 18.1 Å². The Labute approximate surface area is 138 Å². The maximum absolute atomic E-state index is 12.4. The number of carbonyl (C=O) groups excluding carboxylic acids is 1. The van der Waals surface area contributed by atoms with Gasteiger partial charge in [-0.1, -0.05) is 0 Å². The SMILES string of the molecule is CO[C@]1(C(=O)O)C[C@H](O)[C@@H](NC(=O)C(F)(F)F)[C@H]([C@H](O)[C@H](O)CO)O1. The van der Waals surface area contributed by atoms with Gasteiger partial charge in [0.05, 0.1) is 18.8 Å². The summed E-state index contributed by atoms with van der Waals surface area (Å²) in [6.07, 6.45) is -14.3. The number of hydrogen-bond acceptors (Lipinski definition) is 8. The van der Waals surface area contributed by atoms with Crippen molar-refractivity contribution >= 4 is 11.9 Å². The fourth-order valence-electron chi connectivity index (χ4n) is 2.34. The zero-order chi connectivity index (χ0) is 19.6. The molecule has 1 saturated heterocycles. The van der Waals surface area contributed by atoms with Gasteiger partial charge in [-0.05, 0) is 0 Å². The first-order valence-corrected chi connectivity index (χ1v) is 6.88. The van der Waals surface area contributed by atoms with Gasteiger partial charge in [0.15, 0.2) is 0 Å². The zero-order valence-corrected chi connectivity index (χ0v) is 12.8. The highest BCUT2D eigenvalue weighted by Gasteiger charge is 2.56. The molecule has 0 aliphatic carbocycles. The Bertz CT molecular complexity index is 503. The van der Waals surface area contributed by atoms with Crippen molar-refractivity contribution < 1.29 is 57.8 Å². The summed E-state index contributed by atoms with van der Waals surface area (Å²) in [5.41, 5.74) is 0. The summed E-state index contributed by atoms with van der Waals surface area (Å²) in [6, 6.07) is -1.94. The number of hydrogen-bond donors (Lipinski definition) is 6. The average Bonchev–Trinajstić information content (AvgIpc) is 2.53. The molecule has 0 radical (unpaired) electrons. The number of aliphatic hydroxyl groups is 4. The number of carbonyl (C=O) groups is 2. The van der Waals surface area contributed by atoms with E-state index in [1.807, 2.05) is 0 Å². The summed E-state index contributed by atoms with van der Waals surface area (Å²) in [7, 11) is 0.876. The van der Waals surface area contributed by atoms with Crippen molar-refractivity contribution in [3.8, 4) is 0 Å². The smallest absolute Gasteiger partial charge is 0.471 e. The molecule has 1 rings (SSSR count). The summed E-state index contributed by atoms with van der Waals surface area (Å²) in [5, 5.41) is 48.8. The van der Waals surface area contributed by atoms with Gasteiger partial charge < -0.3 is 40.3 Å². The molecule has 146 valence electrons. The molecule has 1 amide bonds. The van der Waals surface area contributed by atoms with Crippen LogP contribution in [0.1, 0.15) is 6.42 Å². The molecule has 0 bridgehead atoms. The number of carboxylic acids is 1. The van der Waals surface area contributed by atoms with Gasteiger partial charge in [0.25, 0.3) is 5.79 Å². The van der Waals surface area contributed by atoms with Crippen LogP contribution in [-0.4, -0.2) is 93.5 Å². The highest BCUT2D eigenvalue weighted by atomic mass is 19.4. The highest BCUT2D eigenvalue weighted by Crippen LogP contribution is 2.33. The number of methoxy groups -OCH3 is 1. The lowest BCUT2D eigenvalue weighted by atomic mass is 9.88. The number of nitrogens with one attached hydrogen (secondary N) is 1. The third kappa shape index (κ3) is 4.56. The van der Waals surface area contributed by atoms with Crippen molar-refractivity contribution in [3.05, 3.63) is 0 Å². The number of amides is 1. The van der Waals surface area contributed by atoms with Crippen molar-refractivity contribution in [2.75, 3.05) is 13.7 Å². The van der Waals surface area contributed by atoms with E-state index in [1.165, 1.54) is 5.32 Å². The van der Waals surface area contributed by atoms with Crippen molar-refractivity contribution in [2.24, 2.45) is 0 Å². The number of alkyl halides is 3. The standard InChI is InChI=1S/C12H18F3NO9/c1-24-11(10(22)23)2-4(18)6(16-9(21)12(13,14)15)8(25-11)7(20)5(19)3-17/h4-8,17-20H,2-3H2,1H3,(H,16,21)(H,22,23)/t4-,5+,6+,7+,8+,11+/m0/s1. The van der Waals surface area contributed by atoms with E-state index >= 15 is 0 Å². The number of rotatable bonds is 6. The van der Waals surface area contributed by atoms with Crippen molar-refractivity contribution in [1.82, 2.24) is 5.32 Å². The first-order valence-electron chi connectivity index (χ1n) is 6.88. The van der Waals surface area contributed by atoms with Gasteiger partial charge in [0.1, 0.15) is 18.3 Å². The van der Waals surface area contributed by atoms with E-state index in [1.54, 1.807) is 0 Å². The van der Waals surface area contributed by atoms with E-state index < -0.39 is 67.3 Å². The molecule has 0 spiro atoms. The molecule has 6 atom stereocenters. The topological polar surface area (TPSA) is 166 Å². The summed E-state index contributed by atoms with van der Waals surface area (Å²) in [5.74, 6) is -6.78. The summed E-state index contributed by atoms with van der Waals surface area (Å²) in [6.45, 7) is -1.05.